The van der Waals surface area contributed by atoms with Gasteiger partial charge in [-0.3, -0.25) is 0 Å². The maximum absolute atomic E-state index is 11.8. The van der Waals surface area contributed by atoms with Crippen LogP contribution in [0.25, 0.3) is 0 Å². The van der Waals surface area contributed by atoms with Crippen LogP contribution in [0.15, 0.2) is 73.3 Å². The SMILES string of the molecule is C=C/C=C/CC(O)(c1ccc(N(CC)CC)cc1)c1ccc(N(CC)CC)cc1. The summed E-state index contributed by atoms with van der Waals surface area (Å²) in [7, 11) is 0. The van der Waals surface area contributed by atoms with Crippen LogP contribution in [0.2, 0.25) is 0 Å². The Kier molecular flexibility index (Phi) is 8.53. The third-order valence-corrected chi connectivity index (χ3v) is 5.63. The van der Waals surface area contributed by atoms with Gasteiger partial charge in [0.05, 0.1) is 0 Å². The molecule has 0 bridgehead atoms. The van der Waals surface area contributed by atoms with Crippen LogP contribution in [0.1, 0.15) is 45.2 Å². The normalized spacial score (nSPS) is 11.6. The van der Waals surface area contributed by atoms with Crippen molar-refractivity contribution in [3.63, 3.8) is 0 Å². The molecule has 156 valence electrons. The molecule has 0 aliphatic rings. The molecule has 29 heavy (non-hydrogen) atoms. The first-order valence-electron chi connectivity index (χ1n) is 10.7. The van der Waals surface area contributed by atoms with Crippen molar-refractivity contribution in [1.29, 1.82) is 0 Å². The molecule has 1 N–H and O–H groups in total. The highest BCUT2D eigenvalue weighted by atomic mass is 16.3. The predicted octanol–water partition coefficient (Wildman–Crippen LogP) is 5.75. The zero-order valence-corrected chi connectivity index (χ0v) is 18.4. The predicted molar refractivity (Wildman–Crippen MR) is 127 cm³/mol. The van der Waals surface area contributed by atoms with E-state index in [1.807, 2.05) is 36.4 Å². The first-order valence-corrected chi connectivity index (χ1v) is 10.7. The molecule has 2 rings (SSSR count). The van der Waals surface area contributed by atoms with E-state index in [9.17, 15) is 5.11 Å². The van der Waals surface area contributed by atoms with Crippen molar-refractivity contribution in [3.8, 4) is 0 Å². The molecule has 0 fully saturated rings. The van der Waals surface area contributed by atoms with Gasteiger partial charge in [0.15, 0.2) is 0 Å². The summed E-state index contributed by atoms with van der Waals surface area (Å²) in [5.74, 6) is 0. The lowest BCUT2D eigenvalue weighted by Gasteiger charge is -2.30. The minimum atomic E-state index is -1.08. The molecule has 0 saturated heterocycles. The van der Waals surface area contributed by atoms with Crippen molar-refractivity contribution in [2.45, 2.75) is 39.7 Å². The summed E-state index contributed by atoms with van der Waals surface area (Å²) in [5.41, 5.74) is 3.08. The fourth-order valence-corrected chi connectivity index (χ4v) is 3.81. The molecule has 0 spiro atoms. The van der Waals surface area contributed by atoms with Gasteiger partial charge in [0.1, 0.15) is 5.60 Å². The summed E-state index contributed by atoms with van der Waals surface area (Å²) in [6.07, 6.45) is 6.10. The summed E-state index contributed by atoms with van der Waals surface area (Å²) in [5, 5.41) is 11.8. The quantitative estimate of drug-likeness (QED) is 0.493. The third-order valence-electron chi connectivity index (χ3n) is 5.63. The van der Waals surface area contributed by atoms with E-state index in [-0.39, 0.29) is 0 Å². The van der Waals surface area contributed by atoms with E-state index in [0.717, 1.165) is 37.3 Å². The van der Waals surface area contributed by atoms with Gasteiger partial charge in [-0.2, -0.15) is 0 Å². The lowest BCUT2D eigenvalue weighted by Crippen LogP contribution is -2.28. The van der Waals surface area contributed by atoms with Crippen molar-refractivity contribution in [3.05, 3.63) is 84.5 Å². The molecule has 0 radical (unpaired) electrons. The van der Waals surface area contributed by atoms with Gasteiger partial charge in [-0.1, -0.05) is 49.1 Å². The van der Waals surface area contributed by atoms with Crippen molar-refractivity contribution in [2.75, 3.05) is 36.0 Å². The fraction of sp³-hybridized carbons (Fsp3) is 0.385. The molecular formula is C26H36N2O. The Morgan fingerprint density at radius 1 is 0.759 bits per heavy atom. The summed E-state index contributed by atoms with van der Waals surface area (Å²) in [4.78, 5) is 4.61. The standard InChI is InChI=1S/C26H36N2O/c1-6-11-12-21-26(29,22-13-17-24(18-14-22)27(7-2)8-3)23-15-19-25(20-16-23)28(9-4)10-5/h6,11-20,29H,1,7-10,21H2,2-5H3/b12-11+. The number of anilines is 2. The van der Waals surface area contributed by atoms with Gasteiger partial charge < -0.3 is 14.9 Å². The zero-order valence-electron chi connectivity index (χ0n) is 18.4. The molecule has 2 aromatic rings. The van der Waals surface area contributed by atoms with Crippen molar-refractivity contribution < 1.29 is 5.11 Å². The van der Waals surface area contributed by atoms with Crippen LogP contribution in [0, 0.1) is 0 Å². The van der Waals surface area contributed by atoms with Crippen LogP contribution >= 0.6 is 0 Å². The molecule has 0 amide bonds. The monoisotopic (exact) mass is 392 g/mol. The average molecular weight is 393 g/mol. The molecule has 0 saturated carbocycles. The van der Waals surface area contributed by atoms with Crippen molar-refractivity contribution in [1.82, 2.24) is 0 Å². The molecule has 2 aromatic carbocycles. The van der Waals surface area contributed by atoms with E-state index in [2.05, 4.69) is 68.3 Å². The maximum Gasteiger partial charge on any atom is 0.118 e. The molecule has 3 nitrogen and oxygen atoms in total. The third kappa shape index (κ3) is 5.30. The van der Waals surface area contributed by atoms with Crippen LogP contribution in [-0.4, -0.2) is 31.3 Å². The van der Waals surface area contributed by atoms with Crippen molar-refractivity contribution >= 4 is 11.4 Å². The highest BCUT2D eigenvalue weighted by molar-refractivity contribution is 5.52. The summed E-state index contributed by atoms with van der Waals surface area (Å²) in [6.45, 7) is 16.2. The van der Waals surface area contributed by atoms with Crippen LogP contribution in [-0.2, 0) is 5.60 Å². The van der Waals surface area contributed by atoms with E-state index < -0.39 is 5.60 Å². The fourth-order valence-electron chi connectivity index (χ4n) is 3.81. The number of nitrogens with zero attached hydrogens (tertiary/aromatic N) is 2. The Morgan fingerprint density at radius 2 is 1.14 bits per heavy atom. The Morgan fingerprint density at radius 3 is 1.45 bits per heavy atom. The molecular weight excluding hydrogens is 356 g/mol. The van der Waals surface area contributed by atoms with Gasteiger partial charge >= 0.3 is 0 Å². The first-order chi connectivity index (χ1) is 14.0. The first kappa shape index (κ1) is 22.8. The minimum absolute atomic E-state index is 0.494. The molecule has 3 heteroatoms. The van der Waals surface area contributed by atoms with E-state index in [1.54, 1.807) is 6.08 Å². The zero-order chi connectivity index (χ0) is 21.3. The number of hydrogen-bond donors (Lipinski definition) is 1. The van der Waals surface area contributed by atoms with Crippen LogP contribution in [0.4, 0.5) is 11.4 Å². The number of allylic oxidation sites excluding steroid dienone is 2. The highest BCUT2D eigenvalue weighted by Gasteiger charge is 2.30. The lowest BCUT2D eigenvalue weighted by atomic mass is 9.83. The van der Waals surface area contributed by atoms with E-state index in [0.29, 0.717) is 6.42 Å². The second kappa shape index (κ2) is 10.9. The highest BCUT2D eigenvalue weighted by Crippen LogP contribution is 2.35. The summed E-state index contributed by atoms with van der Waals surface area (Å²) in [6, 6.07) is 16.6. The van der Waals surface area contributed by atoms with Crippen LogP contribution < -0.4 is 9.80 Å². The second-order valence-electron chi connectivity index (χ2n) is 7.17. The van der Waals surface area contributed by atoms with Gasteiger partial charge in [-0.25, -0.2) is 0 Å². The molecule has 0 aliphatic heterocycles. The number of benzene rings is 2. The number of rotatable bonds is 11. The Hall–Kier alpha value is -2.52. The number of hydrogen-bond acceptors (Lipinski definition) is 3. The van der Waals surface area contributed by atoms with E-state index in [1.165, 1.54) is 11.4 Å². The molecule has 0 atom stereocenters. The topological polar surface area (TPSA) is 26.7 Å². The Bertz CT molecular complexity index is 714. The van der Waals surface area contributed by atoms with Gasteiger partial charge in [-0.05, 0) is 63.1 Å². The van der Waals surface area contributed by atoms with Gasteiger partial charge in [0.25, 0.3) is 0 Å². The average Bonchev–Trinajstić information content (AvgIpc) is 2.76. The smallest absolute Gasteiger partial charge is 0.118 e. The number of aliphatic hydroxyl groups is 1. The largest absolute Gasteiger partial charge is 0.380 e. The van der Waals surface area contributed by atoms with Crippen molar-refractivity contribution in [2.24, 2.45) is 0 Å². The minimum Gasteiger partial charge on any atom is -0.380 e. The maximum atomic E-state index is 11.8. The van der Waals surface area contributed by atoms with Gasteiger partial charge in [-0.15, -0.1) is 0 Å². The molecule has 0 aliphatic carbocycles. The van der Waals surface area contributed by atoms with E-state index in [4.69, 9.17) is 0 Å². The van der Waals surface area contributed by atoms with Gasteiger partial charge in [0.2, 0.25) is 0 Å². The van der Waals surface area contributed by atoms with Gasteiger partial charge in [0, 0.05) is 44.0 Å². The summed E-state index contributed by atoms with van der Waals surface area (Å²) >= 11 is 0. The van der Waals surface area contributed by atoms with Crippen LogP contribution in [0.3, 0.4) is 0 Å². The molecule has 0 heterocycles. The Balaban J connectivity index is 2.42. The Labute approximate surface area is 177 Å². The second-order valence-corrected chi connectivity index (χ2v) is 7.17. The van der Waals surface area contributed by atoms with Crippen LogP contribution in [0.5, 0.6) is 0 Å². The lowest BCUT2D eigenvalue weighted by molar-refractivity contribution is 0.0841. The summed E-state index contributed by atoms with van der Waals surface area (Å²) < 4.78 is 0. The molecule has 0 unspecified atom stereocenters. The molecule has 0 aromatic heterocycles. The van der Waals surface area contributed by atoms with E-state index >= 15 is 0 Å².